The van der Waals surface area contributed by atoms with Crippen molar-refractivity contribution in [2.75, 3.05) is 0 Å². The molecule has 0 saturated carbocycles. The average Bonchev–Trinajstić information content (AvgIpc) is 2.39. The van der Waals surface area contributed by atoms with E-state index in [4.69, 9.17) is 5.21 Å². The molecule has 0 bridgehead atoms. The number of Topliss-reactive ketones (excluding diaryl/α,β-unsaturated/α-hetero) is 1. The number of hydrogen-bond acceptors (Lipinski definition) is 6. The van der Waals surface area contributed by atoms with Crippen LogP contribution in [0.15, 0.2) is 35.0 Å². The van der Waals surface area contributed by atoms with E-state index in [0.717, 1.165) is 0 Å². The molecule has 1 heterocycles. The van der Waals surface area contributed by atoms with Gasteiger partial charge in [0.05, 0.1) is 11.3 Å². The third-order valence-electron chi connectivity index (χ3n) is 2.21. The molecule has 0 aliphatic carbocycles. The number of nitroso groups, excluding NO2 is 1. The van der Waals surface area contributed by atoms with Crippen molar-refractivity contribution < 1.29 is 10.0 Å². The standard InChI is InChI=1S/C10H12N4O3/c1-2-8(12-14-17)9(13-16)10(15)7-4-3-5-11-6-7/h3-6,8,16H,2H2,1H3,(H,12,17). The Balaban J connectivity index is 2.96. The molecule has 17 heavy (non-hydrogen) atoms. The number of aromatic nitrogens is 1. The minimum absolute atomic E-state index is 0.167. The monoisotopic (exact) mass is 236 g/mol. The summed E-state index contributed by atoms with van der Waals surface area (Å²) in [4.78, 5) is 25.9. The first-order chi connectivity index (χ1) is 8.24. The summed E-state index contributed by atoms with van der Waals surface area (Å²) in [6, 6.07) is 2.42. The van der Waals surface area contributed by atoms with Crippen molar-refractivity contribution in [3.63, 3.8) is 0 Å². The maximum atomic E-state index is 11.9. The Morgan fingerprint density at radius 1 is 1.65 bits per heavy atom. The number of carbonyl (C=O) groups is 1. The van der Waals surface area contributed by atoms with Gasteiger partial charge in [-0.25, -0.2) is 0 Å². The van der Waals surface area contributed by atoms with E-state index in [1.165, 1.54) is 12.4 Å². The Labute approximate surface area is 97.5 Å². The number of rotatable bonds is 6. The molecule has 0 amide bonds. The van der Waals surface area contributed by atoms with Gasteiger partial charge in [-0.15, -0.1) is 4.91 Å². The zero-order valence-corrected chi connectivity index (χ0v) is 9.20. The number of pyridine rings is 1. The lowest BCUT2D eigenvalue weighted by molar-refractivity contribution is 0.105. The van der Waals surface area contributed by atoms with Gasteiger partial charge in [-0.3, -0.25) is 15.2 Å². The molecule has 0 saturated heterocycles. The van der Waals surface area contributed by atoms with Crippen LogP contribution in [0.3, 0.4) is 0 Å². The van der Waals surface area contributed by atoms with Crippen LogP contribution >= 0.6 is 0 Å². The first kappa shape index (κ1) is 12.8. The Morgan fingerprint density at radius 3 is 2.88 bits per heavy atom. The van der Waals surface area contributed by atoms with Gasteiger partial charge in [0.15, 0.2) is 5.71 Å². The fourth-order valence-electron chi connectivity index (χ4n) is 1.33. The SMILES string of the molecule is CCC(NN=O)C(=NO)C(=O)c1cccnc1. The van der Waals surface area contributed by atoms with Crippen LogP contribution in [0, 0.1) is 4.91 Å². The summed E-state index contributed by atoms with van der Waals surface area (Å²) in [5.74, 6) is -0.497. The predicted molar refractivity (Wildman–Crippen MR) is 60.8 cm³/mol. The van der Waals surface area contributed by atoms with Gasteiger partial charge in [-0.1, -0.05) is 12.1 Å². The van der Waals surface area contributed by atoms with Crippen LogP contribution in [0.1, 0.15) is 23.7 Å². The number of ketones is 1. The molecule has 0 aromatic carbocycles. The molecule has 0 aliphatic heterocycles. The summed E-state index contributed by atoms with van der Waals surface area (Å²) in [6.45, 7) is 1.73. The molecular weight excluding hydrogens is 224 g/mol. The Hall–Kier alpha value is -2.31. The summed E-state index contributed by atoms with van der Waals surface area (Å²) in [5, 5.41) is 14.3. The smallest absolute Gasteiger partial charge is 0.214 e. The predicted octanol–water partition coefficient (Wildman–Crippen LogP) is 1.14. The summed E-state index contributed by atoms with van der Waals surface area (Å²) in [6.07, 6.45) is 3.26. The second-order valence-corrected chi connectivity index (χ2v) is 3.24. The summed E-state index contributed by atoms with van der Waals surface area (Å²) in [7, 11) is 0. The molecule has 0 spiro atoms. The molecule has 1 atom stereocenters. The summed E-state index contributed by atoms with van der Waals surface area (Å²) >= 11 is 0. The van der Waals surface area contributed by atoms with Gasteiger partial charge in [0.2, 0.25) is 5.78 Å². The van der Waals surface area contributed by atoms with Gasteiger partial charge in [0.25, 0.3) is 0 Å². The first-order valence-corrected chi connectivity index (χ1v) is 4.99. The highest BCUT2D eigenvalue weighted by atomic mass is 16.4. The molecule has 2 N–H and O–H groups in total. The minimum Gasteiger partial charge on any atom is -0.410 e. The normalized spacial score (nSPS) is 12.9. The summed E-state index contributed by atoms with van der Waals surface area (Å²) in [5.41, 5.74) is 2.29. The largest absolute Gasteiger partial charge is 0.410 e. The topological polar surface area (TPSA) is 104 Å². The van der Waals surface area contributed by atoms with E-state index in [1.54, 1.807) is 19.1 Å². The molecule has 1 unspecified atom stereocenters. The zero-order chi connectivity index (χ0) is 12.7. The van der Waals surface area contributed by atoms with Crippen LogP contribution in [0.4, 0.5) is 0 Å². The maximum Gasteiger partial charge on any atom is 0.214 e. The molecule has 0 radical (unpaired) electrons. The number of nitrogens with zero attached hydrogens (tertiary/aromatic N) is 3. The highest BCUT2D eigenvalue weighted by Crippen LogP contribution is 2.05. The molecule has 7 heteroatoms. The molecule has 1 aromatic rings. The fraction of sp³-hybridized carbons (Fsp3) is 0.300. The Bertz CT molecular complexity index is 419. The molecule has 7 nitrogen and oxygen atoms in total. The van der Waals surface area contributed by atoms with Crippen molar-refractivity contribution in [1.82, 2.24) is 10.4 Å². The van der Waals surface area contributed by atoms with E-state index in [1.807, 2.05) is 0 Å². The second-order valence-electron chi connectivity index (χ2n) is 3.24. The van der Waals surface area contributed by atoms with E-state index >= 15 is 0 Å². The van der Waals surface area contributed by atoms with Gasteiger partial charge in [-0.2, -0.15) is 0 Å². The van der Waals surface area contributed by atoms with Crippen molar-refractivity contribution >= 4 is 11.5 Å². The third-order valence-corrected chi connectivity index (χ3v) is 2.21. The summed E-state index contributed by atoms with van der Waals surface area (Å²) < 4.78 is 0. The quantitative estimate of drug-likeness (QED) is 0.253. The maximum absolute atomic E-state index is 11.9. The lowest BCUT2D eigenvalue weighted by Crippen LogP contribution is -2.37. The first-order valence-electron chi connectivity index (χ1n) is 4.99. The number of nitrogens with one attached hydrogen (secondary N) is 1. The van der Waals surface area contributed by atoms with Crippen molar-refractivity contribution in [1.29, 1.82) is 0 Å². The Kier molecular flexibility index (Phi) is 4.74. The highest BCUT2D eigenvalue weighted by Gasteiger charge is 2.23. The van der Waals surface area contributed by atoms with E-state index in [2.05, 4.69) is 20.9 Å². The molecule has 1 aromatic heterocycles. The van der Waals surface area contributed by atoms with Crippen LogP contribution in [0.2, 0.25) is 0 Å². The minimum atomic E-state index is -0.717. The molecule has 90 valence electrons. The van der Waals surface area contributed by atoms with Gasteiger partial charge in [0, 0.05) is 18.0 Å². The van der Waals surface area contributed by atoms with Gasteiger partial charge in [0.1, 0.15) is 0 Å². The molecule has 0 fully saturated rings. The van der Waals surface area contributed by atoms with Crippen LogP contribution in [0.25, 0.3) is 0 Å². The van der Waals surface area contributed by atoms with E-state index in [9.17, 15) is 9.70 Å². The molecule has 0 aliphatic rings. The average molecular weight is 236 g/mol. The zero-order valence-electron chi connectivity index (χ0n) is 9.20. The van der Waals surface area contributed by atoms with Crippen LogP contribution in [0.5, 0.6) is 0 Å². The molecule has 1 rings (SSSR count). The van der Waals surface area contributed by atoms with Crippen LogP contribution in [-0.2, 0) is 0 Å². The van der Waals surface area contributed by atoms with Gasteiger partial charge < -0.3 is 5.21 Å². The molecular formula is C10H12N4O3. The fourth-order valence-corrected chi connectivity index (χ4v) is 1.33. The highest BCUT2D eigenvalue weighted by molar-refractivity contribution is 6.47. The van der Waals surface area contributed by atoms with Gasteiger partial charge in [-0.05, 0) is 18.6 Å². The lowest BCUT2D eigenvalue weighted by Gasteiger charge is -2.12. The van der Waals surface area contributed by atoms with Crippen LogP contribution in [-0.4, -0.2) is 27.7 Å². The van der Waals surface area contributed by atoms with Gasteiger partial charge >= 0.3 is 0 Å². The van der Waals surface area contributed by atoms with E-state index < -0.39 is 11.8 Å². The third kappa shape index (κ3) is 3.07. The number of carbonyl (C=O) groups excluding carboxylic acids is 1. The van der Waals surface area contributed by atoms with Crippen molar-refractivity contribution in [3.05, 3.63) is 35.0 Å². The van der Waals surface area contributed by atoms with Crippen molar-refractivity contribution in [2.45, 2.75) is 19.4 Å². The number of oxime groups is 1. The van der Waals surface area contributed by atoms with E-state index in [-0.39, 0.29) is 11.3 Å². The lowest BCUT2D eigenvalue weighted by atomic mass is 10.0. The Morgan fingerprint density at radius 2 is 2.41 bits per heavy atom. The van der Waals surface area contributed by atoms with Crippen molar-refractivity contribution in [3.8, 4) is 0 Å². The van der Waals surface area contributed by atoms with E-state index in [0.29, 0.717) is 6.42 Å². The second kappa shape index (κ2) is 6.31. The van der Waals surface area contributed by atoms with Crippen molar-refractivity contribution in [2.24, 2.45) is 10.4 Å². The number of hydrogen-bond donors (Lipinski definition) is 2. The van der Waals surface area contributed by atoms with Crippen LogP contribution < -0.4 is 5.43 Å².